The molecule has 0 aliphatic carbocycles. The molecular weight excluding hydrogens is 346 g/mol. The van der Waals surface area contributed by atoms with Gasteiger partial charge in [-0.2, -0.15) is 0 Å². The summed E-state index contributed by atoms with van der Waals surface area (Å²) in [7, 11) is -3.79. The molecule has 2 N–H and O–H groups in total. The van der Waals surface area contributed by atoms with Gasteiger partial charge in [-0.25, -0.2) is 17.9 Å². The van der Waals surface area contributed by atoms with Crippen LogP contribution in [0.3, 0.4) is 0 Å². The molecule has 1 rings (SSSR count). The summed E-state index contributed by atoms with van der Waals surface area (Å²) in [6, 6.07) is 3.61. The van der Waals surface area contributed by atoms with Crippen molar-refractivity contribution in [2.45, 2.75) is 38.6 Å². The van der Waals surface area contributed by atoms with E-state index < -0.39 is 16.0 Å². The summed E-state index contributed by atoms with van der Waals surface area (Å²) in [5, 5.41) is 8.95. The molecule has 20 heavy (non-hydrogen) atoms. The molecule has 7 heteroatoms. The maximum Gasteiger partial charge on any atom is 0.335 e. The van der Waals surface area contributed by atoms with Crippen molar-refractivity contribution in [1.29, 1.82) is 0 Å². The highest BCUT2D eigenvalue weighted by molar-refractivity contribution is 9.10. The molecule has 0 spiro atoms. The van der Waals surface area contributed by atoms with E-state index in [1.807, 2.05) is 20.8 Å². The van der Waals surface area contributed by atoms with E-state index in [9.17, 15) is 13.2 Å². The Hall–Kier alpha value is -0.920. The average molecular weight is 364 g/mol. The maximum absolute atomic E-state index is 12.4. The van der Waals surface area contributed by atoms with Crippen LogP contribution in [0.4, 0.5) is 0 Å². The highest BCUT2D eigenvalue weighted by Gasteiger charge is 2.27. The van der Waals surface area contributed by atoms with Gasteiger partial charge in [-0.05, 0) is 46.5 Å². The van der Waals surface area contributed by atoms with Gasteiger partial charge in [-0.1, -0.05) is 20.8 Å². The van der Waals surface area contributed by atoms with Crippen LogP contribution in [0.25, 0.3) is 0 Å². The topological polar surface area (TPSA) is 83.5 Å². The molecule has 0 amide bonds. The second kappa shape index (κ2) is 5.83. The van der Waals surface area contributed by atoms with Gasteiger partial charge in [0.1, 0.15) is 0 Å². The van der Waals surface area contributed by atoms with E-state index in [4.69, 9.17) is 5.11 Å². The number of rotatable bonds is 4. The Balaban J connectivity index is 3.22. The van der Waals surface area contributed by atoms with Gasteiger partial charge in [0.05, 0.1) is 10.5 Å². The van der Waals surface area contributed by atoms with Gasteiger partial charge < -0.3 is 5.11 Å². The van der Waals surface area contributed by atoms with Crippen molar-refractivity contribution >= 4 is 31.9 Å². The maximum atomic E-state index is 12.4. The van der Waals surface area contributed by atoms with E-state index in [0.29, 0.717) is 4.47 Å². The average Bonchev–Trinajstić information content (AvgIpc) is 2.26. The zero-order chi connectivity index (χ0) is 15.7. The minimum absolute atomic E-state index is 0.0722. The first-order valence-corrected chi connectivity index (χ1v) is 8.28. The molecule has 0 aliphatic heterocycles. The largest absolute Gasteiger partial charge is 0.478 e. The second-order valence-corrected chi connectivity index (χ2v) is 8.20. The lowest BCUT2D eigenvalue weighted by molar-refractivity contribution is 0.0696. The number of hydrogen-bond acceptors (Lipinski definition) is 3. The van der Waals surface area contributed by atoms with Gasteiger partial charge in [0, 0.05) is 10.5 Å². The van der Waals surface area contributed by atoms with Crippen LogP contribution in [0.2, 0.25) is 0 Å². The lowest BCUT2D eigenvalue weighted by Gasteiger charge is -2.28. The number of carbonyl (C=O) groups is 1. The van der Waals surface area contributed by atoms with Crippen molar-refractivity contribution in [2.75, 3.05) is 0 Å². The molecule has 0 heterocycles. The van der Waals surface area contributed by atoms with E-state index in [-0.39, 0.29) is 21.9 Å². The zero-order valence-corrected chi connectivity index (χ0v) is 14.2. The third-order valence-corrected chi connectivity index (χ3v) is 5.63. The molecule has 112 valence electrons. The fourth-order valence-electron chi connectivity index (χ4n) is 1.32. The number of nitrogens with one attached hydrogen (secondary N) is 1. The van der Waals surface area contributed by atoms with E-state index in [2.05, 4.69) is 20.7 Å². The van der Waals surface area contributed by atoms with Crippen LogP contribution in [0.5, 0.6) is 0 Å². The Labute approximate surface area is 127 Å². The van der Waals surface area contributed by atoms with Crippen LogP contribution in [0.15, 0.2) is 27.6 Å². The van der Waals surface area contributed by atoms with Crippen molar-refractivity contribution in [3.05, 3.63) is 28.2 Å². The highest BCUT2D eigenvalue weighted by atomic mass is 79.9. The van der Waals surface area contributed by atoms with Gasteiger partial charge in [-0.3, -0.25) is 0 Å². The van der Waals surface area contributed by atoms with Gasteiger partial charge in [0.15, 0.2) is 0 Å². The first-order chi connectivity index (χ1) is 8.95. The molecule has 1 atom stereocenters. The van der Waals surface area contributed by atoms with Crippen LogP contribution in [0.1, 0.15) is 38.1 Å². The fourth-order valence-corrected chi connectivity index (χ4v) is 3.75. The number of benzene rings is 1. The predicted molar refractivity (Wildman–Crippen MR) is 80.3 cm³/mol. The Morgan fingerprint density at radius 2 is 1.90 bits per heavy atom. The summed E-state index contributed by atoms with van der Waals surface area (Å²) in [5.74, 6) is -1.17. The monoisotopic (exact) mass is 363 g/mol. The molecule has 0 saturated carbocycles. The molecule has 0 aliphatic rings. The standard InChI is InChI=1S/C13H18BrNO4S/c1-8(13(2,3)4)15-20(18,19)11-7-9(12(16)17)5-6-10(11)14/h5-8,15H,1-4H3,(H,16,17). The first kappa shape index (κ1) is 17.1. The van der Waals surface area contributed by atoms with Gasteiger partial charge >= 0.3 is 5.97 Å². The Morgan fingerprint density at radius 1 is 1.35 bits per heavy atom. The van der Waals surface area contributed by atoms with E-state index in [1.165, 1.54) is 12.1 Å². The number of hydrogen-bond donors (Lipinski definition) is 2. The number of sulfonamides is 1. The summed E-state index contributed by atoms with van der Waals surface area (Å²) in [4.78, 5) is 10.9. The summed E-state index contributed by atoms with van der Waals surface area (Å²) >= 11 is 3.14. The smallest absolute Gasteiger partial charge is 0.335 e. The summed E-state index contributed by atoms with van der Waals surface area (Å²) in [5.41, 5.74) is -0.318. The minimum Gasteiger partial charge on any atom is -0.478 e. The number of carboxylic acids is 1. The Morgan fingerprint density at radius 3 is 2.35 bits per heavy atom. The Kier molecular flexibility index (Phi) is 4.99. The number of halogens is 1. The molecule has 1 unspecified atom stereocenters. The number of aromatic carboxylic acids is 1. The molecule has 0 bridgehead atoms. The predicted octanol–water partition coefficient (Wildman–Crippen LogP) is 2.86. The van der Waals surface area contributed by atoms with Crippen LogP contribution >= 0.6 is 15.9 Å². The molecule has 5 nitrogen and oxygen atoms in total. The minimum atomic E-state index is -3.79. The van der Waals surface area contributed by atoms with E-state index in [1.54, 1.807) is 6.92 Å². The van der Waals surface area contributed by atoms with Crippen molar-refractivity contribution in [3.8, 4) is 0 Å². The molecule has 1 aromatic rings. The van der Waals surface area contributed by atoms with Gasteiger partial charge in [0.2, 0.25) is 10.0 Å². The van der Waals surface area contributed by atoms with Crippen LogP contribution < -0.4 is 4.72 Å². The molecule has 0 aromatic heterocycles. The second-order valence-electron chi connectivity index (χ2n) is 5.66. The first-order valence-electron chi connectivity index (χ1n) is 6.00. The van der Waals surface area contributed by atoms with E-state index >= 15 is 0 Å². The lowest BCUT2D eigenvalue weighted by atomic mass is 9.89. The third kappa shape index (κ3) is 4.04. The highest BCUT2D eigenvalue weighted by Crippen LogP contribution is 2.26. The van der Waals surface area contributed by atoms with Crippen molar-refractivity contribution in [2.24, 2.45) is 5.41 Å². The van der Waals surface area contributed by atoms with Crippen molar-refractivity contribution in [3.63, 3.8) is 0 Å². The van der Waals surface area contributed by atoms with Crippen LogP contribution in [0, 0.1) is 5.41 Å². The summed E-state index contributed by atoms with van der Waals surface area (Å²) in [6.07, 6.45) is 0. The zero-order valence-electron chi connectivity index (χ0n) is 11.8. The molecule has 0 radical (unpaired) electrons. The molecule has 0 saturated heterocycles. The van der Waals surface area contributed by atoms with Crippen molar-refractivity contribution in [1.82, 2.24) is 4.72 Å². The van der Waals surface area contributed by atoms with Crippen molar-refractivity contribution < 1.29 is 18.3 Å². The van der Waals surface area contributed by atoms with Gasteiger partial charge in [0.25, 0.3) is 0 Å². The quantitative estimate of drug-likeness (QED) is 0.861. The molecular formula is C13H18BrNO4S. The number of carboxylic acid groups (broad SMARTS) is 1. The lowest BCUT2D eigenvalue weighted by Crippen LogP contribution is -2.41. The van der Waals surface area contributed by atoms with E-state index in [0.717, 1.165) is 6.07 Å². The van der Waals surface area contributed by atoms with Gasteiger partial charge in [-0.15, -0.1) is 0 Å². The fraction of sp³-hybridized carbons (Fsp3) is 0.462. The summed E-state index contributed by atoms with van der Waals surface area (Å²) < 4.78 is 27.6. The van der Waals surface area contributed by atoms with Crippen LogP contribution in [-0.4, -0.2) is 25.5 Å². The molecule has 1 aromatic carbocycles. The molecule has 0 fully saturated rings. The normalized spacial score (nSPS) is 14.1. The van der Waals surface area contributed by atoms with Crippen LogP contribution in [-0.2, 0) is 10.0 Å². The Bertz CT molecular complexity index is 620. The SMILES string of the molecule is CC(NS(=O)(=O)c1cc(C(=O)O)ccc1Br)C(C)(C)C. The third-order valence-electron chi connectivity index (χ3n) is 3.10. The summed E-state index contributed by atoms with van der Waals surface area (Å²) in [6.45, 7) is 7.53.